The minimum absolute atomic E-state index is 0.580. The van der Waals surface area contributed by atoms with Crippen molar-refractivity contribution < 1.29 is 0 Å². The summed E-state index contributed by atoms with van der Waals surface area (Å²) in [7, 11) is 0. The van der Waals surface area contributed by atoms with Crippen molar-refractivity contribution >= 4 is 0 Å². The van der Waals surface area contributed by atoms with Crippen LogP contribution in [0.5, 0.6) is 0 Å². The molecule has 1 aromatic carbocycles. The fourth-order valence-corrected chi connectivity index (χ4v) is 2.78. The first-order valence-corrected chi connectivity index (χ1v) is 7.02. The van der Waals surface area contributed by atoms with E-state index in [9.17, 15) is 5.26 Å². The van der Waals surface area contributed by atoms with E-state index in [2.05, 4.69) is 52.1 Å². The van der Waals surface area contributed by atoms with Crippen LogP contribution in [0, 0.1) is 18.3 Å². The van der Waals surface area contributed by atoms with Crippen LogP contribution in [0.2, 0.25) is 0 Å². The molecule has 0 aliphatic carbocycles. The second kappa shape index (κ2) is 5.48. The van der Waals surface area contributed by atoms with Gasteiger partial charge in [0, 0.05) is 26.1 Å². The van der Waals surface area contributed by atoms with Gasteiger partial charge in [0.15, 0.2) is 5.69 Å². The molecule has 2 heterocycles. The summed E-state index contributed by atoms with van der Waals surface area (Å²) in [5, 5.41) is 12.5. The Hall–Kier alpha value is -2.12. The molecule has 0 amide bonds. The highest BCUT2D eigenvalue weighted by Crippen LogP contribution is 2.16. The largest absolute Gasteiger partial charge is 0.328 e. The van der Waals surface area contributed by atoms with E-state index in [1.165, 1.54) is 11.1 Å². The number of hydrogen-bond acceptors (Lipinski definition) is 3. The van der Waals surface area contributed by atoms with Crippen molar-refractivity contribution in [2.24, 2.45) is 0 Å². The fourth-order valence-electron chi connectivity index (χ4n) is 2.78. The van der Waals surface area contributed by atoms with Crippen molar-refractivity contribution in [3.05, 3.63) is 52.6 Å². The highest BCUT2D eigenvalue weighted by molar-refractivity contribution is 5.30. The Balaban J connectivity index is 1.81. The van der Waals surface area contributed by atoms with Gasteiger partial charge in [0.05, 0.1) is 5.69 Å². The monoisotopic (exact) mass is 266 g/mol. The third kappa shape index (κ3) is 2.45. The maximum atomic E-state index is 9.17. The van der Waals surface area contributed by atoms with Crippen molar-refractivity contribution in [1.82, 2.24) is 14.9 Å². The normalized spacial score (nSPS) is 13.8. The lowest BCUT2D eigenvalue weighted by Crippen LogP contribution is -2.29. The van der Waals surface area contributed by atoms with Crippen LogP contribution < -0.4 is 5.32 Å². The fraction of sp³-hybridized carbons (Fsp3) is 0.375. The van der Waals surface area contributed by atoms with Gasteiger partial charge in [-0.15, -0.1) is 0 Å². The lowest BCUT2D eigenvalue weighted by molar-refractivity contribution is 0.500. The molecule has 4 heteroatoms. The van der Waals surface area contributed by atoms with Crippen LogP contribution in [-0.4, -0.2) is 16.1 Å². The van der Waals surface area contributed by atoms with E-state index >= 15 is 0 Å². The van der Waals surface area contributed by atoms with E-state index in [1.807, 2.05) is 0 Å². The quantitative estimate of drug-likeness (QED) is 0.924. The zero-order chi connectivity index (χ0) is 13.9. The van der Waals surface area contributed by atoms with Crippen LogP contribution in [0.15, 0.2) is 24.3 Å². The zero-order valence-electron chi connectivity index (χ0n) is 11.7. The molecule has 0 radical (unpaired) electrons. The molecule has 1 aliphatic heterocycles. The van der Waals surface area contributed by atoms with Crippen molar-refractivity contribution in [3.63, 3.8) is 0 Å². The second-order valence-electron chi connectivity index (χ2n) is 5.25. The standard InChI is InChI=1S/C16H18N4/c1-12-3-2-4-13(9-12)5-6-16-19-14(10-17)15-11-18-7-8-20(15)16/h2-4,9,18H,5-8,11H2,1H3. The topological polar surface area (TPSA) is 53.6 Å². The van der Waals surface area contributed by atoms with Gasteiger partial charge in [0.25, 0.3) is 0 Å². The average molecular weight is 266 g/mol. The number of nitriles is 1. The van der Waals surface area contributed by atoms with E-state index in [-0.39, 0.29) is 0 Å². The molecule has 2 aromatic rings. The third-order valence-corrected chi connectivity index (χ3v) is 3.78. The average Bonchev–Trinajstić information content (AvgIpc) is 2.83. The molecule has 3 rings (SSSR count). The van der Waals surface area contributed by atoms with E-state index in [0.717, 1.165) is 44.0 Å². The summed E-state index contributed by atoms with van der Waals surface area (Å²) < 4.78 is 2.21. The van der Waals surface area contributed by atoms with Crippen molar-refractivity contribution in [1.29, 1.82) is 5.26 Å². The van der Waals surface area contributed by atoms with Crippen molar-refractivity contribution in [3.8, 4) is 6.07 Å². The van der Waals surface area contributed by atoms with E-state index in [0.29, 0.717) is 5.69 Å². The highest BCUT2D eigenvalue weighted by atomic mass is 15.2. The van der Waals surface area contributed by atoms with Crippen LogP contribution in [-0.2, 0) is 25.9 Å². The summed E-state index contributed by atoms with van der Waals surface area (Å²) in [4.78, 5) is 4.51. The Bertz CT molecular complexity index is 664. The minimum Gasteiger partial charge on any atom is -0.328 e. The van der Waals surface area contributed by atoms with Gasteiger partial charge in [-0.1, -0.05) is 29.8 Å². The van der Waals surface area contributed by atoms with Gasteiger partial charge >= 0.3 is 0 Å². The first-order valence-electron chi connectivity index (χ1n) is 7.02. The maximum absolute atomic E-state index is 9.17. The molecule has 4 nitrogen and oxygen atoms in total. The number of fused-ring (bicyclic) bond motifs is 1. The lowest BCUT2D eigenvalue weighted by atomic mass is 10.1. The summed E-state index contributed by atoms with van der Waals surface area (Å²) in [6.45, 7) is 4.72. The predicted molar refractivity (Wildman–Crippen MR) is 77.2 cm³/mol. The summed E-state index contributed by atoms with van der Waals surface area (Å²) in [5.74, 6) is 1.04. The Labute approximate surface area is 119 Å². The van der Waals surface area contributed by atoms with Crippen LogP contribution in [0.1, 0.15) is 28.3 Å². The van der Waals surface area contributed by atoms with Crippen LogP contribution in [0.4, 0.5) is 0 Å². The van der Waals surface area contributed by atoms with E-state index in [4.69, 9.17) is 0 Å². The SMILES string of the molecule is Cc1cccc(CCc2nc(C#N)c3n2CCNC3)c1. The molecule has 102 valence electrons. The Kier molecular flexibility index (Phi) is 3.53. The smallest absolute Gasteiger partial charge is 0.163 e. The Morgan fingerprint density at radius 3 is 3.10 bits per heavy atom. The predicted octanol–water partition coefficient (Wildman–Crippen LogP) is 1.95. The molecule has 0 fully saturated rings. The molecular formula is C16H18N4. The number of hydrogen-bond donors (Lipinski definition) is 1. The van der Waals surface area contributed by atoms with Gasteiger partial charge in [-0.3, -0.25) is 0 Å². The van der Waals surface area contributed by atoms with E-state index in [1.54, 1.807) is 0 Å². The molecule has 0 atom stereocenters. The number of aryl methyl sites for hydroxylation is 3. The summed E-state index contributed by atoms with van der Waals surface area (Å²) in [6, 6.07) is 10.8. The number of benzene rings is 1. The molecule has 0 spiro atoms. The number of imidazole rings is 1. The highest BCUT2D eigenvalue weighted by Gasteiger charge is 2.19. The molecule has 1 aromatic heterocycles. The second-order valence-corrected chi connectivity index (χ2v) is 5.25. The molecule has 20 heavy (non-hydrogen) atoms. The first-order chi connectivity index (χ1) is 9.78. The summed E-state index contributed by atoms with van der Waals surface area (Å²) >= 11 is 0. The van der Waals surface area contributed by atoms with Gasteiger partial charge < -0.3 is 9.88 Å². The number of rotatable bonds is 3. The molecule has 0 unspecified atom stereocenters. The number of nitrogens with one attached hydrogen (secondary N) is 1. The zero-order valence-corrected chi connectivity index (χ0v) is 11.7. The van der Waals surface area contributed by atoms with Gasteiger partial charge in [0.2, 0.25) is 0 Å². The molecule has 1 aliphatic rings. The molecule has 0 saturated carbocycles. The maximum Gasteiger partial charge on any atom is 0.163 e. The number of nitrogens with zero attached hydrogens (tertiary/aromatic N) is 3. The van der Waals surface area contributed by atoms with Gasteiger partial charge in [-0.05, 0) is 18.9 Å². The van der Waals surface area contributed by atoms with Crippen molar-refractivity contribution in [2.45, 2.75) is 32.9 Å². The molecule has 0 saturated heterocycles. The van der Waals surface area contributed by atoms with Gasteiger partial charge in [-0.25, -0.2) is 4.98 Å². The van der Waals surface area contributed by atoms with E-state index < -0.39 is 0 Å². The third-order valence-electron chi connectivity index (χ3n) is 3.78. The minimum atomic E-state index is 0.580. The summed E-state index contributed by atoms with van der Waals surface area (Å²) in [5.41, 5.74) is 4.23. The Morgan fingerprint density at radius 2 is 2.30 bits per heavy atom. The van der Waals surface area contributed by atoms with Crippen LogP contribution in [0.25, 0.3) is 0 Å². The number of aromatic nitrogens is 2. The molecular weight excluding hydrogens is 248 g/mol. The molecule has 0 bridgehead atoms. The lowest BCUT2D eigenvalue weighted by Gasteiger charge is -2.17. The van der Waals surface area contributed by atoms with Crippen LogP contribution in [0.3, 0.4) is 0 Å². The first kappa shape index (κ1) is 12.9. The van der Waals surface area contributed by atoms with Crippen molar-refractivity contribution in [2.75, 3.05) is 6.54 Å². The van der Waals surface area contributed by atoms with Gasteiger partial charge in [-0.2, -0.15) is 5.26 Å². The summed E-state index contributed by atoms with van der Waals surface area (Å²) in [6.07, 6.45) is 1.86. The van der Waals surface area contributed by atoms with Gasteiger partial charge in [0.1, 0.15) is 11.9 Å². The Morgan fingerprint density at radius 1 is 1.40 bits per heavy atom. The van der Waals surface area contributed by atoms with Crippen LogP contribution >= 0.6 is 0 Å². The molecule has 1 N–H and O–H groups in total.